The molecule has 2 rings (SSSR count). The Bertz CT molecular complexity index is 773. The van der Waals surface area contributed by atoms with Crippen LogP contribution in [0.1, 0.15) is 50.5 Å². The van der Waals surface area contributed by atoms with Crippen LogP contribution in [0, 0.1) is 0 Å². The van der Waals surface area contributed by atoms with E-state index in [1.54, 1.807) is 26.0 Å². The summed E-state index contributed by atoms with van der Waals surface area (Å²) in [6.45, 7) is 3.62. The molecule has 1 N–H and O–H groups in total. The summed E-state index contributed by atoms with van der Waals surface area (Å²) in [5, 5.41) is 9.86. The second-order valence-corrected chi connectivity index (χ2v) is 5.09. The molecule has 25 heavy (non-hydrogen) atoms. The molecule has 0 unspecified atom stereocenters. The Kier molecular flexibility index (Phi) is 5.89. The first kappa shape index (κ1) is 18.2. The normalized spacial score (nSPS) is 10.2. The van der Waals surface area contributed by atoms with Crippen LogP contribution in [0.2, 0.25) is 0 Å². The van der Waals surface area contributed by atoms with Gasteiger partial charge in [0.15, 0.2) is 5.78 Å². The van der Waals surface area contributed by atoms with E-state index in [-0.39, 0.29) is 41.2 Å². The molecule has 0 bridgehead atoms. The van der Waals surface area contributed by atoms with Gasteiger partial charge in [-0.15, -0.1) is 0 Å². The largest absolute Gasteiger partial charge is 0.507 e. The van der Waals surface area contributed by atoms with Crippen molar-refractivity contribution in [3.05, 3.63) is 64.7 Å². The Morgan fingerprint density at radius 1 is 0.840 bits per heavy atom. The average Bonchev–Trinajstić information content (AvgIpc) is 2.61. The lowest BCUT2D eigenvalue weighted by Gasteiger charge is -2.09. The highest BCUT2D eigenvalue weighted by Gasteiger charge is 2.20. The third-order valence-electron chi connectivity index (χ3n) is 3.37. The lowest BCUT2D eigenvalue weighted by Crippen LogP contribution is -2.12. The number of para-hydroxylation sites is 1. The van der Waals surface area contributed by atoms with E-state index >= 15 is 0 Å². The Morgan fingerprint density at radius 2 is 1.32 bits per heavy atom. The molecule has 6 heteroatoms. The SMILES string of the molecule is CCOC(=O)c1cc(C(=O)OCC)cc(C(=O)c2ccccc2O)c1. The molecule has 0 amide bonds. The number of hydrogen-bond acceptors (Lipinski definition) is 6. The molecule has 0 radical (unpaired) electrons. The van der Waals surface area contributed by atoms with Crippen molar-refractivity contribution in [2.24, 2.45) is 0 Å². The molecule has 0 saturated heterocycles. The molecule has 0 aliphatic heterocycles. The fourth-order valence-electron chi connectivity index (χ4n) is 2.24. The highest BCUT2D eigenvalue weighted by molar-refractivity contribution is 6.12. The first-order valence-corrected chi connectivity index (χ1v) is 7.80. The van der Waals surface area contributed by atoms with Gasteiger partial charge in [0.1, 0.15) is 5.75 Å². The molecule has 2 aromatic carbocycles. The Labute approximate surface area is 145 Å². The average molecular weight is 342 g/mol. The number of ether oxygens (including phenoxy) is 2. The number of carbonyl (C=O) groups is 3. The van der Waals surface area contributed by atoms with E-state index in [1.165, 1.54) is 30.3 Å². The molecule has 130 valence electrons. The fourth-order valence-corrected chi connectivity index (χ4v) is 2.24. The Hall–Kier alpha value is -3.15. The fraction of sp³-hybridized carbons (Fsp3) is 0.211. The highest BCUT2D eigenvalue weighted by atomic mass is 16.5. The lowest BCUT2D eigenvalue weighted by molar-refractivity contribution is 0.0525. The van der Waals surface area contributed by atoms with E-state index in [9.17, 15) is 19.5 Å². The number of esters is 2. The first-order valence-electron chi connectivity index (χ1n) is 7.80. The summed E-state index contributed by atoms with van der Waals surface area (Å²) in [4.78, 5) is 36.7. The lowest BCUT2D eigenvalue weighted by atomic mass is 9.98. The molecule has 0 aliphatic rings. The number of ketones is 1. The van der Waals surface area contributed by atoms with Crippen molar-refractivity contribution in [1.82, 2.24) is 0 Å². The maximum absolute atomic E-state index is 12.7. The maximum Gasteiger partial charge on any atom is 0.338 e. The summed E-state index contributed by atoms with van der Waals surface area (Å²) in [5.41, 5.74) is 0.269. The van der Waals surface area contributed by atoms with Crippen LogP contribution in [0.25, 0.3) is 0 Å². The third-order valence-corrected chi connectivity index (χ3v) is 3.37. The highest BCUT2D eigenvalue weighted by Crippen LogP contribution is 2.22. The van der Waals surface area contributed by atoms with E-state index in [2.05, 4.69) is 0 Å². The van der Waals surface area contributed by atoms with Crippen LogP contribution in [0.4, 0.5) is 0 Å². The van der Waals surface area contributed by atoms with Crippen LogP contribution >= 0.6 is 0 Å². The minimum Gasteiger partial charge on any atom is -0.507 e. The molecule has 2 aromatic rings. The van der Waals surface area contributed by atoms with Crippen LogP contribution in [-0.2, 0) is 9.47 Å². The second-order valence-electron chi connectivity index (χ2n) is 5.09. The molecule has 0 saturated carbocycles. The Balaban J connectivity index is 2.52. The summed E-state index contributed by atoms with van der Waals surface area (Å²) < 4.78 is 9.87. The molecule has 0 aromatic heterocycles. The molecule has 0 fully saturated rings. The molecular formula is C19H18O6. The van der Waals surface area contributed by atoms with Crippen molar-refractivity contribution < 1.29 is 29.0 Å². The van der Waals surface area contributed by atoms with Gasteiger partial charge in [-0.2, -0.15) is 0 Å². The summed E-state index contributed by atoms with van der Waals surface area (Å²) >= 11 is 0. The molecule has 0 spiro atoms. The van der Waals surface area contributed by atoms with Gasteiger partial charge in [-0.3, -0.25) is 4.79 Å². The van der Waals surface area contributed by atoms with E-state index in [0.717, 1.165) is 0 Å². The number of aromatic hydroxyl groups is 1. The zero-order valence-corrected chi connectivity index (χ0v) is 13.9. The van der Waals surface area contributed by atoms with Gasteiger partial charge in [0, 0.05) is 5.56 Å². The van der Waals surface area contributed by atoms with Crippen molar-refractivity contribution in [2.45, 2.75) is 13.8 Å². The van der Waals surface area contributed by atoms with Crippen LogP contribution in [-0.4, -0.2) is 36.0 Å². The molecule has 6 nitrogen and oxygen atoms in total. The van der Waals surface area contributed by atoms with Crippen LogP contribution in [0.5, 0.6) is 5.75 Å². The minimum atomic E-state index is -0.653. The summed E-state index contributed by atoms with van der Waals surface area (Å²) in [7, 11) is 0. The van der Waals surface area contributed by atoms with E-state index < -0.39 is 17.7 Å². The smallest absolute Gasteiger partial charge is 0.338 e. The van der Waals surface area contributed by atoms with Gasteiger partial charge in [0.2, 0.25) is 0 Å². The number of benzene rings is 2. The van der Waals surface area contributed by atoms with Crippen LogP contribution in [0.15, 0.2) is 42.5 Å². The molecule has 0 atom stereocenters. The van der Waals surface area contributed by atoms with Gasteiger partial charge < -0.3 is 14.6 Å². The first-order chi connectivity index (χ1) is 12.0. The number of phenols is 1. The summed E-state index contributed by atoms with van der Waals surface area (Å²) in [5.74, 6) is -2.01. The van der Waals surface area contributed by atoms with Gasteiger partial charge in [-0.1, -0.05) is 12.1 Å². The quantitative estimate of drug-likeness (QED) is 0.641. The van der Waals surface area contributed by atoms with Crippen LogP contribution < -0.4 is 0 Å². The van der Waals surface area contributed by atoms with Gasteiger partial charge in [-0.25, -0.2) is 9.59 Å². The minimum absolute atomic E-state index is 0.0613. The second kappa shape index (κ2) is 8.10. The predicted octanol–water partition coefficient (Wildman–Crippen LogP) is 2.98. The zero-order valence-electron chi connectivity index (χ0n) is 13.9. The van der Waals surface area contributed by atoms with Gasteiger partial charge in [0.05, 0.1) is 29.9 Å². The summed E-state index contributed by atoms with van der Waals surface area (Å²) in [6, 6.07) is 10.0. The molecule has 0 heterocycles. The van der Waals surface area contributed by atoms with Gasteiger partial charge >= 0.3 is 11.9 Å². The number of hydrogen-bond donors (Lipinski definition) is 1. The van der Waals surface area contributed by atoms with E-state index in [1.807, 2.05) is 0 Å². The van der Waals surface area contributed by atoms with Crippen LogP contribution in [0.3, 0.4) is 0 Å². The maximum atomic E-state index is 12.7. The number of rotatable bonds is 6. The zero-order chi connectivity index (χ0) is 18.4. The van der Waals surface area contributed by atoms with Crippen molar-refractivity contribution in [3.8, 4) is 5.75 Å². The number of carbonyl (C=O) groups excluding carboxylic acids is 3. The number of phenolic OH excluding ortho intramolecular Hbond substituents is 1. The van der Waals surface area contributed by atoms with E-state index in [4.69, 9.17) is 9.47 Å². The van der Waals surface area contributed by atoms with Gasteiger partial charge in [-0.05, 0) is 44.2 Å². The Morgan fingerprint density at radius 3 is 1.80 bits per heavy atom. The van der Waals surface area contributed by atoms with Crippen molar-refractivity contribution in [3.63, 3.8) is 0 Å². The monoisotopic (exact) mass is 342 g/mol. The van der Waals surface area contributed by atoms with Crippen molar-refractivity contribution in [1.29, 1.82) is 0 Å². The van der Waals surface area contributed by atoms with Crippen molar-refractivity contribution in [2.75, 3.05) is 13.2 Å². The summed E-state index contributed by atoms with van der Waals surface area (Å²) in [6.07, 6.45) is 0. The molecular weight excluding hydrogens is 324 g/mol. The van der Waals surface area contributed by atoms with Crippen molar-refractivity contribution >= 4 is 17.7 Å². The third kappa shape index (κ3) is 4.23. The van der Waals surface area contributed by atoms with Gasteiger partial charge in [0.25, 0.3) is 0 Å². The van der Waals surface area contributed by atoms with E-state index in [0.29, 0.717) is 0 Å². The standard InChI is InChI=1S/C19H18O6/c1-3-24-18(22)13-9-12(10-14(11-13)19(23)25-4-2)17(21)15-7-5-6-8-16(15)20/h5-11,20H,3-4H2,1-2H3. The topological polar surface area (TPSA) is 89.9 Å². The molecule has 0 aliphatic carbocycles. The predicted molar refractivity (Wildman–Crippen MR) is 89.9 cm³/mol.